The summed E-state index contributed by atoms with van der Waals surface area (Å²) in [5.41, 5.74) is 1.79. The van der Waals surface area contributed by atoms with Crippen molar-refractivity contribution in [2.24, 2.45) is 5.10 Å². The van der Waals surface area contributed by atoms with Crippen molar-refractivity contribution in [3.8, 4) is 23.0 Å². The molecule has 1 aromatic heterocycles. The van der Waals surface area contributed by atoms with Crippen molar-refractivity contribution in [2.75, 3.05) is 13.9 Å². The molecule has 0 radical (unpaired) electrons. The van der Waals surface area contributed by atoms with E-state index < -0.39 is 0 Å². The number of nitrogens with zero attached hydrogens (tertiary/aromatic N) is 3. The summed E-state index contributed by atoms with van der Waals surface area (Å²) in [6.07, 6.45) is 2.33. The van der Waals surface area contributed by atoms with Crippen molar-refractivity contribution in [1.82, 2.24) is 9.66 Å². The molecule has 0 saturated carbocycles. The van der Waals surface area contributed by atoms with E-state index in [2.05, 4.69) is 21.0 Å². The van der Waals surface area contributed by atoms with Gasteiger partial charge in [-0.25, -0.2) is 4.98 Å². The first-order valence-corrected chi connectivity index (χ1v) is 13.2. The lowest BCUT2D eigenvalue weighted by molar-refractivity contribution is 0.174. The standard InChI is InChI=1S/C28H25BrClN3O5/c1-4-16(2)27-32-22-7-6-19(29)11-21(22)28(34)33(27)31-13-18-10-20(30)12-25(35-3)26(18)36-14-17-5-8-23-24(9-17)38-15-37-23/h5-13,16H,4,14-15H2,1-3H3/t16-/m0/s1. The van der Waals surface area contributed by atoms with Crippen LogP contribution in [-0.2, 0) is 6.61 Å². The van der Waals surface area contributed by atoms with E-state index in [4.69, 9.17) is 35.5 Å². The third-order valence-corrected chi connectivity index (χ3v) is 7.00. The molecule has 0 unspecified atom stereocenters. The van der Waals surface area contributed by atoms with Crippen LogP contribution in [0, 0.1) is 0 Å². The van der Waals surface area contributed by atoms with Crippen molar-refractivity contribution in [3.63, 3.8) is 0 Å². The fraction of sp³-hybridized carbons (Fsp3) is 0.250. The van der Waals surface area contributed by atoms with Crippen LogP contribution in [0.15, 0.2) is 62.9 Å². The Labute approximate surface area is 232 Å². The Bertz CT molecular complexity index is 1600. The van der Waals surface area contributed by atoms with Crippen molar-refractivity contribution >= 4 is 44.6 Å². The highest BCUT2D eigenvalue weighted by atomic mass is 79.9. The van der Waals surface area contributed by atoms with E-state index in [9.17, 15) is 4.79 Å². The number of hydrogen-bond acceptors (Lipinski definition) is 7. The summed E-state index contributed by atoms with van der Waals surface area (Å²) >= 11 is 9.82. The number of rotatable bonds is 8. The average molecular weight is 599 g/mol. The first kappa shape index (κ1) is 26.1. The quantitative estimate of drug-likeness (QED) is 0.215. The Balaban J connectivity index is 1.55. The van der Waals surface area contributed by atoms with Crippen LogP contribution in [-0.4, -0.2) is 29.8 Å². The van der Waals surface area contributed by atoms with E-state index in [1.165, 1.54) is 11.8 Å². The number of methoxy groups -OCH3 is 1. The topological polar surface area (TPSA) is 84.2 Å². The van der Waals surface area contributed by atoms with Gasteiger partial charge in [0.1, 0.15) is 12.4 Å². The smallest absolute Gasteiger partial charge is 0.282 e. The Morgan fingerprint density at radius 3 is 2.79 bits per heavy atom. The van der Waals surface area contributed by atoms with Crippen molar-refractivity contribution in [2.45, 2.75) is 32.8 Å². The van der Waals surface area contributed by atoms with Gasteiger partial charge < -0.3 is 18.9 Å². The van der Waals surface area contributed by atoms with E-state index >= 15 is 0 Å². The molecule has 1 atom stereocenters. The molecule has 0 amide bonds. The second-order valence-electron chi connectivity index (χ2n) is 8.80. The van der Waals surface area contributed by atoms with Crippen LogP contribution >= 0.6 is 27.5 Å². The third-order valence-electron chi connectivity index (χ3n) is 6.29. The average Bonchev–Trinajstić information content (AvgIpc) is 3.39. The molecule has 0 saturated heterocycles. The lowest BCUT2D eigenvalue weighted by Gasteiger charge is -2.16. The van der Waals surface area contributed by atoms with Gasteiger partial charge in [0.25, 0.3) is 5.56 Å². The van der Waals surface area contributed by atoms with E-state index in [0.29, 0.717) is 50.3 Å². The molecule has 0 fully saturated rings. The minimum atomic E-state index is -0.264. The summed E-state index contributed by atoms with van der Waals surface area (Å²) in [4.78, 5) is 18.3. The maximum Gasteiger partial charge on any atom is 0.282 e. The SMILES string of the molecule is CC[C@H](C)c1nc2ccc(Br)cc2c(=O)n1N=Cc1cc(Cl)cc(OC)c1OCc1ccc2c(c1)OCO2. The number of aromatic nitrogens is 2. The van der Waals surface area contributed by atoms with Gasteiger partial charge in [0, 0.05) is 27.0 Å². The maximum absolute atomic E-state index is 13.5. The predicted octanol–water partition coefficient (Wildman–Crippen LogP) is 6.52. The number of halogens is 2. The van der Waals surface area contributed by atoms with Gasteiger partial charge in [0.05, 0.1) is 24.2 Å². The predicted molar refractivity (Wildman–Crippen MR) is 150 cm³/mol. The summed E-state index contributed by atoms with van der Waals surface area (Å²) < 4.78 is 24.7. The molecule has 2 heterocycles. The largest absolute Gasteiger partial charge is 0.493 e. The fourth-order valence-corrected chi connectivity index (χ4v) is 4.65. The molecule has 0 N–H and O–H groups in total. The molecule has 196 valence electrons. The molecular weight excluding hydrogens is 574 g/mol. The molecule has 4 aromatic rings. The van der Waals surface area contributed by atoms with Crippen molar-refractivity contribution < 1.29 is 18.9 Å². The zero-order chi connectivity index (χ0) is 26.8. The summed E-state index contributed by atoms with van der Waals surface area (Å²) in [6, 6.07) is 14.4. The number of hydrogen-bond donors (Lipinski definition) is 0. The Morgan fingerprint density at radius 2 is 2.00 bits per heavy atom. The van der Waals surface area contributed by atoms with Gasteiger partial charge in [-0.3, -0.25) is 4.79 Å². The third kappa shape index (κ3) is 5.21. The molecule has 1 aliphatic heterocycles. The normalized spacial score (nSPS) is 13.3. The van der Waals surface area contributed by atoms with Gasteiger partial charge in [0.15, 0.2) is 23.0 Å². The van der Waals surface area contributed by atoms with Crippen molar-refractivity contribution in [1.29, 1.82) is 0 Å². The number of benzene rings is 3. The van der Waals surface area contributed by atoms with E-state index in [1.807, 2.05) is 44.2 Å². The number of fused-ring (bicyclic) bond motifs is 2. The monoisotopic (exact) mass is 597 g/mol. The van der Waals surface area contributed by atoms with E-state index in [-0.39, 0.29) is 24.9 Å². The highest BCUT2D eigenvalue weighted by Gasteiger charge is 2.18. The van der Waals surface area contributed by atoms with Crippen LogP contribution in [0.5, 0.6) is 23.0 Å². The van der Waals surface area contributed by atoms with Crippen LogP contribution in [0.2, 0.25) is 5.02 Å². The molecule has 0 bridgehead atoms. The van der Waals surface area contributed by atoms with E-state index in [1.54, 1.807) is 24.4 Å². The molecule has 5 rings (SSSR count). The fourth-order valence-electron chi connectivity index (χ4n) is 4.08. The maximum atomic E-state index is 13.5. The zero-order valence-corrected chi connectivity index (χ0v) is 23.4. The molecule has 10 heteroatoms. The minimum Gasteiger partial charge on any atom is -0.493 e. The zero-order valence-electron chi connectivity index (χ0n) is 21.0. The van der Waals surface area contributed by atoms with E-state index in [0.717, 1.165) is 16.5 Å². The first-order chi connectivity index (χ1) is 18.4. The van der Waals surface area contributed by atoms with Crippen molar-refractivity contribution in [3.05, 3.63) is 85.3 Å². The summed E-state index contributed by atoms with van der Waals surface area (Å²) in [7, 11) is 1.54. The van der Waals surface area contributed by atoms with Gasteiger partial charge in [-0.05, 0) is 48.4 Å². The highest BCUT2D eigenvalue weighted by Crippen LogP contribution is 2.36. The Kier molecular flexibility index (Phi) is 7.58. The molecule has 0 aliphatic carbocycles. The highest BCUT2D eigenvalue weighted by molar-refractivity contribution is 9.10. The molecule has 1 aliphatic rings. The molecule has 0 spiro atoms. The second-order valence-corrected chi connectivity index (χ2v) is 10.2. The summed E-state index contributed by atoms with van der Waals surface area (Å²) in [6.45, 7) is 4.49. The first-order valence-electron chi connectivity index (χ1n) is 12.0. The Hall–Kier alpha value is -3.56. The lowest BCUT2D eigenvalue weighted by Crippen LogP contribution is -2.23. The van der Waals surface area contributed by atoms with Gasteiger partial charge in [-0.2, -0.15) is 9.78 Å². The lowest BCUT2D eigenvalue weighted by atomic mass is 10.1. The summed E-state index contributed by atoms with van der Waals surface area (Å²) in [5, 5.41) is 5.48. The second kappa shape index (κ2) is 11.0. The number of ether oxygens (including phenoxy) is 4. The minimum absolute atomic E-state index is 0.00326. The van der Waals surface area contributed by atoms with Gasteiger partial charge >= 0.3 is 0 Å². The van der Waals surface area contributed by atoms with Gasteiger partial charge in [-0.15, -0.1) is 0 Å². The molecule has 38 heavy (non-hydrogen) atoms. The summed E-state index contributed by atoms with van der Waals surface area (Å²) in [5.74, 6) is 2.82. The molecule has 8 nitrogen and oxygen atoms in total. The van der Waals surface area contributed by atoms with Crippen LogP contribution in [0.25, 0.3) is 10.9 Å². The van der Waals surface area contributed by atoms with Crippen LogP contribution in [0.4, 0.5) is 0 Å². The van der Waals surface area contributed by atoms with Crippen LogP contribution in [0.1, 0.15) is 43.1 Å². The van der Waals surface area contributed by atoms with Crippen LogP contribution in [0.3, 0.4) is 0 Å². The molecule has 3 aromatic carbocycles. The van der Waals surface area contributed by atoms with Gasteiger partial charge in [-0.1, -0.05) is 47.4 Å². The molecular formula is C28H25BrClN3O5. The Morgan fingerprint density at radius 1 is 1.18 bits per heavy atom. The van der Waals surface area contributed by atoms with Crippen LogP contribution < -0.4 is 24.5 Å². The van der Waals surface area contributed by atoms with Gasteiger partial charge in [0.2, 0.25) is 6.79 Å².